The first-order chi connectivity index (χ1) is 8.43. The number of carbonyl (C=O) groups is 4. The first-order valence-corrected chi connectivity index (χ1v) is 4.78. The van der Waals surface area contributed by atoms with Crippen molar-refractivity contribution in [1.29, 1.82) is 0 Å². The van der Waals surface area contributed by atoms with Crippen molar-refractivity contribution >= 4 is 23.9 Å². The fraction of sp³-hybridized carbons (Fsp3) is 0.0909. The Bertz CT molecular complexity index is 573. The molecule has 1 aliphatic heterocycles. The Morgan fingerprint density at radius 1 is 1.06 bits per heavy atom. The van der Waals surface area contributed by atoms with Crippen LogP contribution >= 0.6 is 0 Å². The number of ether oxygens (including phenoxy) is 1. The molecule has 0 spiro atoms. The minimum absolute atomic E-state index is 0.163. The highest BCUT2D eigenvalue weighted by molar-refractivity contribution is 6.16. The van der Waals surface area contributed by atoms with Crippen LogP contribution in [0.4, 0.5) is 0 Å². The Kier molecular flexibility index (Phi) is 2.59. The lowest BCUT2D eigenvalue weighted by Crippen LogP contribution is -2.39. The van der Waals surface area contributed by atoms with Gasteiger partial charge in [-0.2, -0.15) is 0 Å². The highest BCUT2D eigenvalue weighted by Crippen LogP contribution is 2.31. The molecule has 0 radical (unpaired) electrons. The fourth-order valence-electron chi connectivity index (χ4n) is 1.74. The van der Waals surface area contributed by atoms with Gasteiger partial charge in [-0.1, -0.05) is 12.1 Å². The van der Waals surface area contributed by atoms with E-state index in [9.17, 15) is 19.2 Å². The van der Waals surface area contributed by atoms with Gasteiger partial charge in [0.15, 0.2) is 5.92 Å². The molecule has 1 heterocycles. The van der Waals surface area contributed by atoms with Gasteiger partial charge in [0.1, 0.15) is 0 Å². The van der Waals surface area contributed by atoms with Gasteiger partial charge in [-0.15, -0.1) is 0 Å². The summed E-state index contributed by atoms with van der Waals surface area (Å²) in [6, 6.07) is 3.58. The molecule has 2 rings (SSSR count). The number of hydrogen-bond donors (Lipinski definition) is 2. The maximum atomic E-state index is 11.1. The van der Waals surface area contributed by atoms with Crippen LogP contribution < -0.4 is 0 Å². The monoisotopic (exact) mass is 250 g/mol. The highest BCUT2D eigenvalue weighted by atomic mass is 16.6. The van der Waals surface area contributed by atoms with Crippen LogP contribution in [0.15, 0.2) is 18.2 Å². The molecule has 1 aromatic carbocycles. The summed E-state index contributed by atoms with van der Waals surface area (Å²) >= 11 is 0. The van der Waals surface area contributed by atoms with Crippen molar-refractivity contribution in [2.45, 2.75) is 5.92 Å². The lowest BCUT2D eigenvalue weighted by atomic mass is 9.89. The Balaban J connectivity index is 2.64. The number of esters is 2. The number of cyclic esters (lactones) is 2. The second-order valence-corrected chi connectivity index (χ2v) is 3.55. The maximum absolute atomic E-state index is 11.1. The molecular weight excluding hydrogens is 244 g/mol. The largest absolute Gasteiger partial charge is 0.478 e. The highest BCUT2D eigenvalue weighted by Gasteiger charge is 2.45. The molecule has 0 aliphatic carbocycles. The molecule has 0 unspecified atom stereocenters. The average molecular weight is 250 g/mol. The number of carbonyl (C=O) groups excluding carboxylic acids is 2. The minimum Gasteiger partial charge on any atom is -0.478 e. The lowest BCUT2D eigenvalue weighted by molar-refractivity contribution is -0.178. The van der Waals surface area contributed by atoms with Gasteiger partial charge in [0.2, 0.25) is 0 Å². The van der Waals surface area contributed by atoms with E-state index in [0.717, 1.165) is 6.07 Å². The molecule has 0 amide bonds. The van der Waals surface area contributed by atoms with Crippen molar-refractivity contribution in [2.24, 2.45) is 0 Å². The molecule has 7 heteroatoms. The van der Waals surface area contributed by atoms with Gasteiger partial charge in [0.05, 0.1) is 11.1 Å². The summed E-state index contributed by atoms with van der Waals surface area (Å²) in [5.41, 5.74) is -1.21. The molecule has 0 bridgehead atoms. The zero-order chi connectivity index (χ0) is 13.4. The molecule has 1 fully saturated rings. The number of benzene rings is 1. The summed E-state index contributed by atoms with van der Waals surface area (Å²) in [6.07, 6.45) is 0. The third-order valence-electron chi connectivity index (χ3n) is 2.52. The van der Waals surface area contributed by atoms with E-state index in [4.69, 9.17) is 10.2 Å². The van der Waals surface area contributed by atoms with Crippen LogP contribution in [-0.2, 0) is 14.3 Å². The van der Waals surface area contributed by atoms with Crippen LogP contribution in [0.3, 0.4) is 0 Å². The summed E-state index contributed by atoms with van der Waals surface area (Å²) in [6.45, 7) is 0. The van der Waals surface area contributed by atoms with Crippen molar-refractivity contribution < 1.29 is 34.1 Å². The molecule has 92 valence electrons. The second-order valence-electron chi connectivity index (χ2n) is 3.55. The van der Waals surface area contributed by atoms with E-state index in [2.05, 4.69) is 4.74 Å². The number of aromatic carboxylic acids is 2. The lowest BCUT2D eigenvalue weighted by Gasteiger charge is -2.23. The van der Waals surface area contributed by atoms with Crippen LogP contribution in [0.2, 0.25) is 0 Å². The fourth-order valence-corrected chi connectivity index (χ4v) is 1.74. The van der Waals surface area contributed by atoms with E-state index in [1.54, 1.807) is 0 Å². The molecule has 1 aromatic rings. The Labute approximate surface area is 99.6 Å². The zero-order valence-electron chi connectivity index (χ0n) is 8.75. The van der Waals surface area contributed by atoms with Gasteiger partial charge < -0.3 is 14.9 Å². The van der Waals surface area contributed by atoms with Gasteiger partial charge in [-0.05, 0) is 11.6 Å². The van der Waals surface area contributed by atoms with Gasteiger partial charge >= 0.3 is 23.9 Å². The molecule has 0 aromatic heterocycles. The first-order valence-electron chi connectivity index (χ1n) is 4.78. The molecule has 1 saturated heterocycles. The Morgan fingerprint density at radius 2 is 1.67 bits per heavy atom. The van der Waals surface area contributed by atoms with Crippen LogP contribution in [0, 0.1) is 0 Å². The van der Waals surface area contributed by atoms with E-state index < -0.39 is 40.9 Å². The minimum atomic E-state index is -1.52. The molecule has 0 saturated carbocycles. The second kappa shape index (κ2) is 3.95. The number of rotatable bonds is 3. The van der Waals surface area contributed by atoms with E-state index in [-0.39, 0.29) is 5.56 Å². The summed E-state index contributed by atoms with van der Waals surface area (Å²) in [4.78, 5) is 44.2. The van der Waals surface area contributed by atoms with E-state index in [1.165, 1.54) is 12.1 Å². The van der Waals surface area contributed by atoms with Crippen molar-refractivity contribution in [3.05, 3.63) is 34.9 Å². The normalized spacial score (nSPS) is 14.9. The SMILES string of the molecule is O=C(O)c1cccc(C2C(=O)OC2=O)c1C(=O)O. The van der Waals surface area contributed by atoms with E-state index >= 15 is 0 Å². The van der Waals surface area contributed by atoms with E-state index in [1.807, 2.05) is 0 Å². The standard InChI is InChI=1S/C11H6O7/c12-8(13)5-3-1-2-4(6(5)9(14)15)7-10(16)18-11(7)17/h1-3,7H,(H,12,13)(H,14,15). The predicted molar refractivity (Wildman–Crippen MR) is 54.2 cm³/mol. The number of hydrogen-bond acceptors (Lipinski definition) is 5. The summed E-state index contributed by atoms with van der Waals surface area (Å²) < 4.78 is 4.12. The van der Waals surface area contributed by atoms with Crippen LogP contribution in [0.5, 0.6) is 0 Å². The molecule has 1 aliphatic rings. The topological polar surface area (TPSA) is 118 Å². The van der Waals surface area contributed by atoms with Crippen molar-refractivity contribution in [2.75, 3.05) is 0 Å². The molecule has 18 heavy (non-hydrogen) atoms. The summed E-state index contributed by atoms with van der Waals surface area (Å²) in [5, 5.41) is 17.9. The maximum Gasteiger partial charge on any atom is 0.336 e. The van der Waals surface area contributed by atoms with E-state index in [0.29, 0.717) is 0 Å². The number of carboxylic acid groups (broad SMARTS) is 2. The van der Waals surface area contributed by atoms with Gasteiger partial charge in [-0.3, -0.25) is 9.59 Å². The van der Waals surface area contributed by atoms with Gasteiger partial charge in [-0.25, -0.2) is 9.59 Å². The quantitative estimate of drug-likeness (QED) is 0.583. The number of carboxylic acids is 2. The molecule has 0 atom stereocenters. The Hall–Kier alpha value is -2.70. The van der Waals surface area contributed by atoms with Crippen molar-refractivity contribution in [1.82, 2.24) is 0 Å². The smallest absolute Gasteiger partial charge is 0.336 e. The van der Waals surface area contributed by atoms with Gasteiger partial charge in [0, 0.05) is 0 Å². The third kappa shape index (κ3) is 1.61. The summed E-state index contributed by atoms with van der Waals surface area (Å²) in [7, 11) is 0. The van der Waals surface area contributed by atoms with Gasteiger partial charge in [0.25, 0.3) is 0 Å². The predicted octanol–water partition coefficient (Wildman–Crippen LogP) is 0.250. The Morgan fingerprint density at radius 3 is 2.11 bits per heavy atom. The zero-order valence-corrected chi connectivity index (χ0v) is 8.75. The first kappa shape index (κ1) is 11.8. The molecule has 7 nitrogen and oxygen atoms in total. The molecular formula is C11H6O7. The molecule has 2 N–H and O–H groups in total. The van der Waals surface area contributed by atoms with Crippen LogP contribution in [-0.4, -0.2) is 34.1 Å². The van der Waals surface area contributed by atoms with Crippen molar-refractivity contribution in [3.63, 3.8) is 0 Å². The average Bonchev–Trinajstić information content (AvgIpc) is 2.27. The van der Waals surface area contributed by atoms with Crippen LogP contribution in [0.25, 0.3) is 0 Å². The summed E-state index contributed by atoms with van der Waals surface area (Å²) in [5.74, 6) is -6.09. The van der Waals surface area contributed by atoms with Crippen molar-refractivity contribution in [3.8, 4) is 0 Å². The van der Waals surface area contributed by atoms with Crippen LogP contribution in [0.1, 0.15) is 32.2 Å². The third-order valence-corrected chi connectivity index (χ3v) is 2.52.